The predicted molar refractivity (Wildman–Crippen MR) is 151 cm³/mol. The minimum Gasteiger partial charge on any atom is -0.496 e. The highest BCUT2D eigenvalue weighted by atomic mass is 16.5. The number of aliphatic hydroxyl groups excluding tert-OH is 2. The van der Waals surface area contributed by atoms with E-state index in [1.165, 1.54) is 25.7 Å². The van der Waals surface area contributed by atoms with Crippen LogP contribution in [0.3, 0.4) is 0 Å². The van der Waals surface area contributed by atoms with E-state index in [0.29, 0.717) is 48.5 Å². The Labute approximate surface area is 230 Å². The number of benzene rings is 1. The number of carbonyl (C=O) groups excluding carboxylic acids is 1. The molecule has 5 heteroatoms. The normalized spacial score (nSPS) is 40.9. The van der Waals surface area contributed by atoms with Crippen LogP contribution >= 0.6 is 0 Å². The summed E-state index contributed by atoms with van der Waals surface area (Å²) in [6.07, 6.45) is 10.6. The largest absolute Gasteiger partial charge is 0.496 e. The van der Waals surface area contributed by atoms with Crippen molar-refractivity contribution in [1.29, 1.82) is 0 Å². The Bertz CT molecular complexity index is 981. The maximum absolute atomic E-state index is 12.7. The number of amides is 1. The van der Waals surface area contributed by atoms with Gasteiger partial charge >= 0.3 is 0 Å². The fourth-order valence-corrected chi connectivity index (χ4v) is 10.1. The molecular formula is C33H51NO4. The first-order chi connectivity index (χ1) is 18.2. The molecule has 1 amide bonds. The zero-order valence-electron chi connectivity index (χ0n) is 24.1. The molecule has 1 aromatic rings. The molecule has 4 aliphatic carbocycles. The topological polar surface area (TPSA) is 78.8 Å². The van der Waals surface area contributed by atoms with E-state index in [1.807, 2.05) is 18.2 Å². The van der Waals surface area contributed by atoms with Crippen LogP contribution in [0.2, 0.25) is 0 Å². The Kier molecular flexibility index (Phi) is 8.18. The van der Waals surface area contributed by atoms with Crippen molar-refractivity contribution in [3.63, 3.8) is 0 Å². The number of nitrogens with one attached hydrogen (secondary N) is 1. The molecule has 4 aliphatic rings. The number of para-hydroxylation sites is 1. The van der Waals surface area contributed by atoms with Gasteiger partial charge < -0.3 is 20.3 Å². The second kappa shape index (κ2) is 11.1. The number of fused-ring (bicyclic) bond motifs is 5. The lowest BCUT2D eigenvalue weighted by atomic mass is 9.43. The lowest BCUT2D eigenvalue weighted by Crippen LogP contribution is -2.58. The number of methoxy groups -OCH3 is 1. The highest BCUT2D eigenvalue weighted by molar-refractivity contribution is 5.75. The molecule has 0 unspecified atom stereocenters. The lowest BCUT2D eigenvalue weighted by molar-refractivity contribution is -0.174. The van der Waals surface area contributed by atoms with Gasteiger partial charge in [0.25, 0.3) is 0 Å². The van der Waals surface area contributed by atoms with E-state index in [-0.39, 0.29) is 28.9 Å². The van der Waals surface area contributed by atoms with Gasteiger partial charge in [0.05, 0.1) is 19.3 Å². The second-order valence-electron chi connectivity index (χ2n) is 13.8. The number of hydrogen-bond acceptors (Lipinski definition) is 4. The molecule has 0 bridgehead atoms. The third-order valence-corrected chi connectivity index (χ3v) is 12.2. The van der Waals surface area contributed by atoms with Crippen molar-refractivity contribution in [2.24, 2.45) is 46.3 Å². The molecule has 5 rings (SSSR count). The molecule has 38 heavy (non-hydrogen) atoms. The van der Waals surface area contributed by atoms with Crippen LogP contribution in [0.25, 0.3) is 0 Å². The minimum absolute atomic E-state index is 0.0434. The predicted octanol–water partition coefficient (Wildman–Crippen LogP) is 5.76. The molecule has 4 fully saturated rings. The van der Waals surface area contributed by atoms with Gasteiger partial charge in [0.1, 0.15) is 5.75 Å². The van der Waals surface area contributed by atoms with Crippen LogP contribution in [0, 0.1) is 46.3 Å². The fourth-order valence-electron chi connectivity index (χ4n) is 10.1. The first-order valence-electron chi connectivity index (χ1n) is 15.4. The van der Waals surface area contributed by atoms with Crippen molar-refractivity contribution in [3.05, 3.63) is 29.8 Å². The summed E-state index contributed by atoms with van der Waals surface area (Å²) in [6.45, 7) is 7.81. The zero-order valence-corrected chi connectivity index (χ0v) is 24.1. The van der Waals surface area contributed by atoms with Crippen molar-refractivity contribution in [3.8, 4) is 5.75 Å². The van der Waals surface area contributed by atoms with E-state index in [0.717, 1.165) is 49.8 Å². The number of hydrogen-bond donors (Lipinski definition) is 3. The van der Waals surface area contributed by atoms with Crippen molar-refractivity contribution < 1.29 is 19.7 Å². The van der Waals surface area contributed by atoms with E-state index in [2.05, 4.69) is 32.2 Å². The summed E-state index contributed by atoms with van der Waals surface area (Å²) in [7, 11) is 1.68. The van der Waals surface area contributed by atoms with Gasteiger partial charge in [0.2, 0.25) is 5.91 Å². The van der Waals surface area contributed by atoms with Crippen molar-refractivity contribution in [2.75, 3.05) is 13.7 Å². The molecular weight excluding hydrogens is 474 g/mol. The van der Waals surface area contributed by atoms with E-state index in [9.17, 15) is 15.0 Å². The number of rotatable bonds is 8. The van der Waals surface area contributed by atoms with Crippen molar-refractivity contribution in [2.45, 2.75) is 104 Å². The summed E-state index contributed by atoms with van der Waals surface area (Å²) in [6, 6.07) is 7.98. The zero-order chi connectivity index (χ0) is 27.1. The average Bonchev–Trinajstić information content (AvgIpc) is 3.27. The van der Waals surface area contributed by atoms with Gasteiger partial charge in [-0.15, -0.1) is 0 Å². The van der Waals surface area contributed by atoms with Gasteiger partial charge in [-0.1, -0.05) is 39.0 Å². The van der Waals surface area contributed by atoms with Crippen molar-refractivity contribution in [1.82, 2.24) is 5.32 Å². The summed E-state index contributed by atoms with van der Waals surface area (Å²) in [5, 5.41) is 25.2. The molecule has 0 spiro atoms. The second-order valence-corrected chi connectivity index (χ2v) is 13.8. The summed E-state index contributed by atoms with van der Waals surface area (Å²) in [4.78, 5) is 12.7. The third kappa shape index (κ3) is 4.91. The Hall–Kier alpha value is -1.59. The molecule has 0 saturated heterocycles. The standard InChI is InChI=1S/C33H51NO4/c1-21(9-14-31(37)34-18-16-22-7-5-6-8-29(22)38-4)26-12-13-27-25-11-10-23-19-24(35)15-17-32(23,2)28(25)20-30(36)33(26,27)3/h5-8,21,23-28,30,35-36H,9-20H2,1-4H3,(H,34,37)/t21-,23+,24-,25+,26+,27-,28-,30+,32+,33-/m1/s1. The summed E-state index contributed by atoms with van der Waals surface area (Å²) in [5.74, 6) is 4.39. The highest BCUT2D eigenvalue weighted by Gasteiger charge is 2.63. The molecule has 0 aliphatic heterocycles. The molecule has 5 nitrogen and oxygen atoms in total. The summed E-state index contributed by atoms with van der Waals surface area (Å²) < 4.78 is 5.43. The molecule has 0 heterocycles. The first-order valence-corrected chi connectivity index (χ1v) is 15.4. The fraction of sp³-hybridized carbons (Fsp3) is 0.788. The molecule has 1 aromatic carbocycles. The van der Waals surface area contributed by atoms with Crippen LogP contribution in [0.4, 0.5) is 0 Å². The van der Waals surface area contributed by atoms with Crippen LogP contribution in [-0.2, 0) is 11.2 Å². The summed E-state index contributed by atoms with van der Waals surface area (Å²) in [5.41, 5.74) is 1.35. The number of ether oxygens (including phenoxy) is 1. The van der Waals surface area contributed by atoms with E-state index >= 15 is 0 Å². The average molecular weight is 526 g/mol. The monoisotopic (exact) mass is 525 g/mol. The van der Waals surface area contributed by atoms with E-state index < -0.39 is 0 Å². The van der Waals surface area contributed by atoms with Gasteiger partial charge in [0, 0.05) is 13.0 Å². The molecule has 0 aromatic heterocycles. The van der Waals surface area contributed by atoms with E-state index in [1.54, 1.807) is 7.11 Å². The first kappa shape index (κ1) is 28.0. The third-order valence-electron chi connectivity index (χ3n) is 12.2. The molecule has 10 atom stereocenters. The molecule has 4 saturated carbocycles. The van der Waals surface area contributed by atoms with Gasteiger partial charge in [-0.2, -0.15) is 0 Å². The van der Waals surface area contributed by atoms with Crippen LogP contribution in [0.5, 0.6) is 5.75 Å². The quantitative estimate of drug-likeness (QED) is 0.403. The maximum Gasteiger partial charge on any atom is 0.220 e. The van der Waals surface area contributed by atoms with Crippen LogP contribution in [0.1, 0.15) is 90.5 Å². The Morgan fingerprint density at radius 2 is 1.87 bits per heavy atom. The lowest BCUT2D eigenvalue weighted by Gasteiger charge is -2.62. The van der Waals surface area contributed by atoms with Gasteiger partial charge in [-0.05, 0) is 122 Å². The molecule has 212 valence electrons. The minimum atomic E-state index is -0.263. The molecule has 3 N–H and O–H groups in total. The van der Waals surface area contributed by atoms with Crippen molar-refractivity contribution >= 4 is 5.91 Å². The SMILES string of the molecule is COc1ccccc1CCNC(=O)CC[C@@H](C)[C@@H]1CC[C@@H]2[C@@H]3CC[C@H]4C[C@H](O)CC[C@]4(C)[C@@H]3C[C@H](O)[C@@]21C. The van der Waals surface area contributed by atoms with Gasteiger partial charge in [-0.25, -0.2) is 0 Å². The summed E-state index contributed by atoms with van der Waals surface area (Å²) >= 11 is 0. The number of carbonyl (C=O) groups is 1. The highest BCUT2D eigenvalue weighted by Crippen LogP contribution is 2.68. The van der Waals surface area contributed by atoms with Gasteiger partial charge in [-0.3, -0.25) is 4.79 Å². The van der Waals surface area contributed by atoms with Crippen LogP contribution in [-0.4, -0.2) is 42.0 Å². The number of aliphatic hydroxyl groups is 2. The molecule has 0 radical (unpaired) electrons. The maximum atomic E-state index is 12.7. The Morgan fingerprint density at radius 3 is 2.66 bits per heavy atom. The van der Waals surface area contributed by atoms with Crippen LogP contribution < -0.4 is 10.1 Å². The Balaban J connectivity index is 1.17. The van der Waals surface area contributed by atoms with Crippen LogP contribution in [0.15, 0.2) is 24.3 Å². The van der Waals surface area contributed by atoms with Gasteiger partial charge in [0.15, 0.2) is 0 Å². The smallest absolute Gasteiger partial charge is 0.220 e. The Morgan fingerprint density at radius 1 is 1.08 bits per heavy atom. The van der Waals surface area contributed by atoms with E-state index in [4.69, 9.17) is 4.74 Å².